The SMILES string of the molecule is CC1CC(C)N(C(=O)c2cc(Cl)c(N)c(Cl)c2)C1. The molecule has 5 heteroatoms. The van der Waals surface area contributed by atoms with E-state index < -0.39 is 0 Å². The third-order valence-corrected chi connectivity index (χ3v) is 4.00. The lowest BCUT2D eigenvalue weighted by Gasteiger charge is -2.22. The topological polar surface area (TPSA) is 46.3 Å². The van der Waals surface area contributed by atoms with Crippen LogP contribution in [0.2, 0.25) is 10.0 Å². The highest BCUT2D eigenvalue weighted by atomic mass is 35.5. The average Bonchev–Trinajstić information content (AvgIpc) is 2.63. The van der Waals surface area contributed by atoms with Crippen LogP contribution >= 0.6 is 23.2 Å². The standard InChI is InChI=1S/C13H16Cl2N2O/c1-7-3-8(2)17(6-7)13(18)9-4-10(14)12(16)11(15)5-9/h4-5,7-8H,3,6,16H2,1-2H3. The van der Waals surface area contributed by atoms with Crippen molar-refractivity contribution < 1.29 is 4.79 Å². The minimum Gasteiger partial charge on any atom is -0.396 e. The summed E-state index contributed by atoms with van der Waals surface area (Å²) in [7, 11) is 0. The van der Waals surface area contributed by atoms with Crippen LogP contribution in [0.4, 0.5) is 5.69 Å². The summed E-state index contributed by atoms with van der Waals surface area (Å²) in [5, 5.41) is 0.650. The first-order chi connectivity index (χ1) is 8.40. The summed E-state index contributed by atoms with van der Waals surface area (Å²) >= 11 is 11.9. The number of likely N-dealkylation sites (tertiary alicyclic amines) is 1. The highest BCUT2D eigenvalue weighted by Crippen LogP contribution is 2.31. The Balaban J connectivity index is 2.29. The van der Waals surface area contributed by atoms with Gasteiger partial charge in [-0.25, -0.2) is 0 Å². The number of halogens is 2. The van der Waals surface area contributed by atoms with Crippen molar-refractivity contribution >= 4 is 34.8 Å². The number of carbonyl (C=O) groups is 1. The molecule has 1 aromatic rings. The molecule has 1 aliphatic rings. The van der Waals surface area contributed by atoms with Gasteiger partial charge < -0.3 is 10.6 Å². The number of amides is 1. The van der Waals surface area contributed by atoms with Crippen molar-refractivity contribution in [1.29, 1.82) is 0 Å². The lowest BCUT2D eigenvalue weighted by molar-refractivity contribution is 0.0744. The lowest BCUT2D eigenvalue weighted by Crippen LogP contribution is -2.34. The van der Waals surface area contributed by atoms with E-state index >= 15 is 0 Å². The predicted octanol–water partition coefficient (Wildman–Crippen LogP) is 3.45. The van der Waals surface area contributed by atoms with Crippen molar-refractivity contribution in [2.45, 2.75) is 26.3 Å². The third kappa shape index (κ3) is 2.43. The smallest absolute Gasteiger partial charge is 0.254 e. The summed E-state index contributed by atoms with van der Waals surface area (Å²) in [6.07, 6.45) is 1.03. The second-order valence-electron chi connectivity index (χ2n) is 5.00. The molecule has 1 fully saturated rings. The molecule has 3 nitrogen and oxygen atoms in total. The molecule has 2 N–H and O–H groups in total. The Morgan fingerprint density at radius 1 is 1.33 bits per heavy atom. The van der Waals surface area contributed by atoms with Crippen molar-refractivity contribution in [3.8, 4) is 0 Å². The number of rotatable bonds is 1. The number of carbonyl (C=O) groups excluding carboxylic acids is 1. The molecule has 1 amide bonds. The maximum atomic E-state index is 12.4. The van der Waals surface area contributed by atoms with E-state index in [1.807, 2.05) is 4.90 Å². The summed E-state index contributed by atoms with van der Waals surface area (Å²) in [6, 6.07) is 3.42. The minimum absolute atomic E-state index is 0.0318. The molecule has 1 saturated heterocycles. The van der Waals surface area contributed by atoms with Crippen LogP contribution in [0.3, 0.4) is 0 Å². The first kappa shape index (κ1) is 13.5. The van der Waals surface area contributed by atoms with Crippen LogP contribution in [0, 0.1) is 5.92 Å². The van der Waals surface area contributed by atoms with E-state index in [4.69, 9.17) is 28.9 Å². The van der Waals surface area contributed by atoms with Gasteiger partial charge in [0.1, 0.15) is 0 Å². The van der Waals surface area contributed by atoms with Gasteiger partial charge in [0.05, 0.1) is 15.7 Å². The number of hydrogen-bond donors (Lipinski definition) is 1. The molecule has 0 bridgehead atoms. The van der Waals surface area contributed by atoms with Crippen molar-refractivity contribution in [2.24, 2.45) is 5.92 Å². The number of nitrogen functional groups attached to an aromatic ring is 1. The fourth-order valence-electron chi connectivity index (χ4n) is 2.46. The number of benzene rings is 1. The molecular weight excluding hydrogens is 271 g/mol. The largest absolute Gasteiger partial charge is 0.396 e. The van der Waals surface area contributed by atoms with Gasteiger partial charge in [-0.05, 0) is 31.4 Å². The van der Waals surface area contributed by atoms with Crippen LogP contribution in [-0.2, 0) is 0 Å². The normalized spacial score (nSPS) is 23.4. The van der Waals surface area contributed by atoms with E-state index in [1.165, 1.54) is 0 Å². The molecule has 2 unspecified atom stereocenters. The van der Waals surface area contributed by atoms with Crippen molar-refractivity contribution in [1.82, 2.24) is 4.90 Å². The van der Waals surface area contributed by atoms with Crippen LogP contribution in [0.5, 0.6) is 0 Å². The van der Waals surface area contributed by atoms with E-state index in [0.29, 0.717) is 27.2 Å². The van der Waals surface area contributed by atoms with Gasteiger partial charge in [0.25, 0.3) is 5.91 Å². The zero-order valence-corrected chi connectivity index (χ0v) is 11.9. The van der Waals surface area contributed by atoms with Gasteiger partial charge in [0.2, 0.25) is 0 Å². The molecule has 0 aromatic heterocycles. The molecule has 18 heavy (non-hydrogen) atoms. The first-order valence-electron chi connectivity index (χ1n) is 5.95. The van der Waals surface area contributed by atoms with Crippen LogP contribution in [0.25, 0.3) is 0 Å². The first-order valence-corrected chi connectivity index (χ1v) is 6.71. The van der Waals surface area contributed by atoms with Gasteiger partial charge in [0.15, 0.2) is 0 Å². The summed E-state index contributed by atoms with van der Waals surface area (Å²) in [5.41, 5.74) is 6.48. The van der Waals surface area contributed by atoms with E-state index in [1.54, 1.807) is 12.1 Å². The summed E-state index contributed by atoms with van der Waals surface area (Å²) in [5.74, 6) is 0.499. The summed E-state index contributed by atoms with van der Waals surface area (Å²) < 4.78 is 0. The molecule has 1 aliphatic heterocycles. The predicted molar refractivity (Wildman–Crippen MR) is 75.2 cm³/mol. The van der Waals surface area contributed by atoms with E-state index in [2.05, 4.69) is 13.8 Å². The van der Waals surface area contributed by atoms with E-state index in [9.17, 15) is 4.79 Å². The molecule has 98 valence electrons. The van der Waals surface area contributed by atoms with Crippen LogP contribution in [0.15, 0.2) is 12.1 Å². The Kier molecular flexibility index (Phi) is 3.74. The van der Waals surface area contributed by atoms with Crippen molar-refractivity contribution in [3.63, 3.8) is 0 Å². The minimum atomic E-state index is -0.0318. The second-order valence-corrected chi connectivity index (χ2v) is 5.82. The van der Waals surface area contributed by atoms with Gasteiger partial charge in [-0.2, -0.15) is 0 Å². The zero-order chi connectivity index (χ0) is 13.4. The molecule has 0 radical (unpaired) electrons. The fourth-order valence-corrected chi connectivity index (χ4v) is 2.94. The monoisotopic (exact) mass is 286 g/mol. The number of nitrogens with zero attached hydrogens (tertiary/aromatic N) is 1. The molecule has 1 heterocycles. The Labute approximate surface area is 117 Å². The molecule has 1 aromatic carbocycles. The summed E-state index contributed by atoms with van der Waals surface area (Å²) in [4.78, 5) is 14.3. The van der Waals surface area contributed by atoms with Crippen molar-refractivity contribution in [3.05, 3.63) is 27.7 Å². The fraction of sp³-hybridized carbons (Fsp3) is 0.462. The van der Waals surface area contributed by atoms with Crippen molar-refractivity contribution in [2.75, 3.05) is 12.3 Å². The number of nitrogens with two attached hydrogens (primary N) is 1. The van der Waals surface area contributed by atoms with E-state index in [0.717, 1.165) is 13.0 Å². The maximum absolute atomic E-state index is 12.4. The molecular formula is C13H16Cl2N2O. The Bertz CT molecular complexity index is 467. The van der Waals surface area contributed by atoms with E-state index in [-0.39, 0.29) is 11.9 Å². The van der Waals surface area contributed by atoms with Gasteiger partial charge in [0, 0.05) is 18.2 Å². The Morgan fingerprint density at radius 3 is 2.33 bits per heavy atom. The Hall–Kier alpha value is -0.930. The molecule has 0 spiro atoms. The molecule has 0 saturated carbocycles. The number of anilines is 1. The van der Waals surface area contributed by atoms with Gasteiger partial charge in [-0.15, -0.1) is 0 Å². The molecule has 2 rings (SSSR count). The maximum Gasteiger partial charge on any atom is 0.254 e. The summed E-state index contributed by atoms with van der Waals surface area (Å²) in [6.45, 7) is 4.98. The van der Waals surface area contributed by atoms with Gasteiger partial charge >= 0.3 is 0 Å². The van der Waals surface area contributed by atoms with Crippen LogP contribution in [-0.4, -0.2) is 23.4 Å². The number of hydrogen-bond acceptors (Lipinski definition) is 2. The molecule has 2 atom stereocenters. The average molecular weight is 287 g/mol. The van der Waals surface area contributed by atoms with Gasteiger partial charge in [-0.1, -0.05) is 30.1 Å². The Morgan fingerprint density at radius 2 is 1.89 bits per heavy atom. The van der Waals surface area contributed by atoms with Gasteiger partial charge in [-0.3, -0.25) is 4.79 Å². The zero-order valence-electron chi connectivity index (χ0n) is 10.4. The second kappa shape index (κ2) is 4.98. The highest BCUT2D eigenvalue weighted by Gasteiger charge is 2.30. The molecule has 0 aliphatic carbocycles. The van der Waals surface area contributed by atoms with Crippen LogP contribution in [0.1, 0.15) is 30.6 Å². The lowest BCUT2D eigenvalue weighted by atomic mass is 10.1. The van der Waals surface area contributed by atoms with Crippen LogP contribution < -0.4 is 5.73 Å². The quantitative estimate of drug-likeness (QED) is 0.804. The third-order valence-electron chi connectivity index (χ3n) is 3.37. The highest BCUT2D eigenvalue weighted by molar-refractivity contribution is 6.39.